The number of cyclic esters (lactones) is 1. The molecule has 0 unspecified atom stereocenters. The largest absolute Gasteiger partial charge is 0.481 e. The Bertz CT molecular complexity index is 2050. The van der Waals surface area contributed by atoms with Gasteiger partial charge in [-0.15, -0.1) is 0 Å². The molecule has 17 heteroatoms. The van der Waals surface area contributed by atoms with E-state index in [1.807, 2.05) is 51.2 Å². The van der Waals surface area contributed by atoms with Crippen LogP contribution in [0.15, 0.2) is 47.6 Å². The highest BCUT2D eigenvalue weighted by molar-refractivity contribution is 6.39. The lowest BCUT2D eigenvalue weighted by atomic mass is 9.78. The summed E-state index contributed by atoms with van der Waals surface area (Å²) >= 11 is 0. The van der Waals surface area contributed by atoms with Crippen LogP contribution < -0.4 is 0 Å². The second-order valence-corrected chi connectivity index (χ2v) is 21.7. The third kappa shape index (κ3) is 17.6. The molecular weight excluding hydrogens is 955 g/mol. The number of carboxylic acid groups (broad SMARTS) is 1. The number of rotatable bonds is 12. The molecule has 0 aromatic carbocycles. The molecule has 17 nitrogen and oxygen atoms in total. The number of carbonyl (C=O) groups is 7. The van der Waals surface area contributed by atoms with Gasteiger partial charge in [-0.05, 0) is 120 Å². The lowest BCUT2D eigenvalue weighted by Crippen LogP contribution is -2.61. The number of amides is 1. The Morgan fingerprint density at radius 1 is 0.838 bits per heavy atom. The Labute approximate surface area is 438 Å². The average molecular weight is 1040 g/mol. The zero-order valence-corrected chi connectivity index (χ0v) is 45.7. The summed E-state index contributed by atoms with van der Waals surface area (Å²) in [6, 6.07) is -1.19. The van der Waals surface area contributed by atoms with Gasteiger partial charge in [-0.25, -0.2) is 4.79 Å². The number of unbranched alkanes of at least 4 members (excludes halogenated alkanes) is 1. The Balaban J connectivity index is 1.66. The number of esters is 2. The molecule has 4 aliphatic rings. The number of aliphatic hydroxyl groups is 2. The Morgan fingerprint density at radius 3 is 2.23 bits per heavy atom. The molecule has 1 aliphatic carbocycles. The number of carboxylic acids is 1. The number of fused-ring (bicyclic) bond motifs is 3. The summed E-state index contributed by atoms with van der Waals surface area (Å²) in [7, 11) is 4.47. The van der Waals surface area contributed by atoms with Crippen LogP contribution in [0.1, 0.15) is 151 Å². The first-order valence-electron chi connectivity index (χ1n) is 26.9. The summed E-state index contributed by atoms with van der Waals surface area (Å²) < 4.78 is 35.5. The van der Waals surface area contributed by atoms with Crippen LogP contribution in [0.4, 0.5) is 0 Å². The van der Waals surface area contributed by atoms with Gasteiger partial charge in [-0.2, -0.15) is 0 Å². The first-order valence-corrected chi connectivity index (χ1v) is 26.9. The summed E-state index contributed by atoms with van der Waals surface area (Å²) in [5, 5.41) is 32.5. The van der Waals surface area contributed by atoms with Crippen LogP contribution in [0, 0.1) is 35.5 Å². The number of methoxy groups -OCH3 is 3. The highest BCUT2D eigenvalue weighted by Gasteiger charge is 2.53. The van der Waals surface area contributed by atoms with E-state index in [-0.39, 0.29) is 55.6 Å². The average Bonchev–Trinajstić information content (AvgIpc) is 3.36. The minimum Gasteiger partial charge on any atom is -0.481 e. The Morgan fingerprint density at radius 2 is 1.55 bits per heavy atom. The number of aliphatic carboxylic acids is 1. The molecule has 4 rings (SSSR count). The van der Waals surface area contributed by atoms with Gasteiger partial charge in [0.25, 0.3) is 11.7 Å². The molecule has 0 radical (unpaired) electrons. The third-order valence-corrected chi connectivity index (χ3v) is 15.8. The quantitative estimate of drug-likeness (QED) is 0.0748. The molecule has 3 N–H and O–H groups in total. The van der Waals surface area contributed by atoms with Gasteiger partial charge in [-0.3, -0.25) is 28.8 Å². The zero-order valence-electron chi connectivity index (χ0n) is 45.7. The molecule has 3 fully saturated rings. The highest BCUT2D eigenvalue weighted by atomic mass is 16.6. The van der Waals surface area contributed by atoms with Crippen LogP contribution in [0.25, 0.3) is 0 Å². The number of Topliss-reactive ketones (excluding diaryl/α,β-unsaturated/α-hetero) is 3. The standard InChI is InChI=1S/C57H87NO16/c1-34-18-12-11-13-19-35(2)46(69-8)32-42-25-23-40(7)57(68,74-42)54(65)55(66)58-27-17-16-20-43(58)56(67)73-47(33-44(59)36(3)29-39(6)52(64)53(71-10)51(63)38(5)28-34)37(4)30-41-24-26-45(48(31-41)70-9)72-50(62)22-15-14-21-49(60)61/h11-13,18-19,29,34,36-38,40-43,45-48,52-53,64,68H,14-17,20-28,30-33H2,1-10H3,(H,60,61)/b13-11?,18-12+,35-19?,39-29+/t34-,36-,37-,38-,40-,41+,42+,43+,45-,46+,47+,48-,52-,53+,57-/m1/s1. The molecule has 3 heterocycles. The fraction of sp³-hybridized carbons (Fsp3) is 0.737. The second-order valence-electron chi connectivity index (χ2n) is 21.7. The maximum Gasteiger partial charge on any atom is 0.329 e. The van der Waals surface area contributed by atoms with E-state index in [4.69, 9.17) is 33.5 Å². The Kier molecular flexibility index (Phi) is 25.0. The predicted molar refractivity (Wildman–Crippen MR) is 275 cm³/mol. The normalized spacial score (nSPS) is 35.6. The maximum atomic E-state index is 14.5. The molecule has 0 aromatic heterocycles. The summed E-state index contributed by atoms with van der Waals surface area (Å²) in [6.07, 6.45) is 11.1. The summed E-state index contributed by atoms with van der Waals surface area (Å²) in [6.45, 7) is 12.6. The molecule has 1 amide bonds. The number of hydrogen-bond acceptors (Lipinski definition) is 15. The monoisotopic (exact) mass is 1040 g/mol. The first kappa shape index (κ1) is 62.2. The molecule has 74 heavy (non-hydrogen) atoms. The number of ether oxygens (including phenoxy) is 6. The predicted octanol–water partition coefficient (Wildman–Crippen LogP) is 7.38. The Hall–Kier alpha value is -4.39. The van der Waals surface area contributed by atoms with Gasteiger partial charge in [0.2, 0.25) is 5.79 Å². The van der Waals surface area contributed by atoms with E-state index >= 15 is 0 Å². The first-order chi connectivity index (χ1) is 35.0. The summed E-state index contributed by atoms with van der Waals surface area (Å²) in [4.78, 5) is 96.1. The number of carbonyl (C=O) groups excluding carboxylic acids is 6. The topological polar surface area (TPSA) is 239 Å². The molecule has 416 valence electrons. The van der Waals surface area contributed by atoms with Gasteiger partial charge < -0.3 is 48.6 Å². The SMILES string of the molecule is CO[C@H]1C[C@@H]2CC[C@@H](C)[C@@](O)(O2)C(=O)C(=O)N2CCCC[C@H]2C(=O)O[C@H]([C@H](C)C[C@@H]2CC[C@@H](OC(=O)CCCCC(=O)O)[C@H](OC)C2)CC(=O)[C@H](C)/C=C(\C)[C@@H](O)[C@@H](OC)C(=O)[C@H](C)C[C@H](C)/C=C/C=CC=C1C. The number of hydrogen-bond donors (Lipinski definition) is 3. The van der Waals surface area contributed by atoms with E-state index in [9.17, 15) is 43.8 Å². The van der Waals surface area contributed by atoms with Crippen molar-refractivity contribution in [3.63, 3.8) is 0 Å². The zero-order chi connectivity index (χ0) is 54.9. The molecule has 0 aromatic rings. The van der Waals surface area contributed by atoms with Crippen molar-refractivity contribution in [2.45, 2.75) is 206 Å². The van der Waals surface area contributed by atoms with Gasteiger partial charge in [0.15, 0.2) is 5.78 Å². The van der Waals surface area contributed by atoms with Crippen molar-refractivity contribution >= 4 is 41.2 Å². The number of piperidine rings is 1. The number of ketones is 3. The molecule has 1 saturated carbocycles. The maximum absolute atomic E-state index is 14.5. The molecule has 15 atom stereocenters. The van der Waals surface area contributed by atoms with Crippen LogP contribution >= 0.6 is 0 Å². The van der Waals surface area contributed by atoms with Gasteiger partial charge in [-0.1, -0.05) is 71.1 Å². The van der Waals surface area contributed by atoms with Gasteiger partial charge in [0, 0.05) is 71.3 Å². The molecular formula is C57H87NO16. The van der Waals surface area contributed by atoms with E-state index in [0.717, 1.165) is 5.57 Å². The number of aliphatic hydroxyl groups excluding tert-OH is 1. The summed E-state index contributed by atoms with van der Waals surface area (Å²) in [5.74, 6) is -9.84. The molecule has 2 bridgehead atoms. The number of nitrogens with zero attached hydrogens (tertiary/aromatic N) is 1. The van der Waals surface area contributed by atoms with Crippen molar-refractivity contribution in [3.8, 4) is 0 Å². The van der Waals surface area contributed by atoms with E-state index in [1.54, 1.807) is 48.0 Å². The van der Waals surface area contributed by atoms with Crippen LogP contribution in [0.5, 0.6) is 0 Å². The van der Waals surface area contributed by atoms with Crippen LogP contribution in [-0.4, -0.2) is 144 Å². The van der Waals surface area contributed by atoms with Crippen molar-refractivity contribution in [2.75, 3.05) is 27.9 Å². The molecule has 2 saturated heterocycles. The summed E-state index contributed by atoms with van der Waals surface area (Å²) in [5.41, 5.74) is 1.22. The lowest BCUT2D eigenvalue weighted by Gasteiger charge is -2.42. The van der Waals surface area contributed by atoms with E-state index < -0.39 is 108 Å². The van der Waals surface area contributed by atoms with Crippen molar-refractivity contribution in [3.05, 3.63) is 47.6 Å². The third-order valence-electron chi connectivity index (χ3n) is 15.8. The van der Waals surface area contributed by atoms with Crippen molar-refractivity contribution < 1.29 is 77.3 Å². The van der Waals surface area contributed by atoms with E-state index in [0.29, 0.717) is 82.6 Å². The van der Waals surface area contributed by atoms with Crippen LogP contribution in [0.2, 0.25) is 0 Å². The van der Waals surface area contributed by atoms with Crippen molar-refractivity contribution in [2.24, 2.45) is 35.5 Å². The van der Waals surface area contributed by atoms with E-state index in [2.05, 4.69) is 0 Å². The number of allylic oxidation sites excluding steroid dienone is 6. The van der Waals surface area contributed by atoms with Crippen molar-refractivity contribution in [1.29, 1.82) is 0 Å². The minimum atomic E-state index is -2.46. The van der Waals surface area contributed by atoms with Gasteiger partial charge in [0.1, 0.15) is 36.2 Å². The fourth-order valence-electron chi connectivity index (χ4n) is 11.0. The van der Waals surface area contributed by atoms with Crippen molar-refractivity contribution in [1.82, 2.24) is 4.90 Å². The molecule has 3 aliphatic heterocycles. The van der Waals surface area contributed by atoms with Gasteiger partial charge >= 0.3 is 17.9 Å². The van der Waals surface area contributed by atoms with E-state index in [1.165, 1.54) is 12.0 Å². The van der Waals surface area contributed by atoms with Gasteiger partial charge in [0.05, 0.1) is 18.3 Å². The molecule has 0 spiro atoms. The fourth-order valence-corrected chi connectivity index (χ4v) is 11.0. The van der Waals surface area contributed by atoms with Crippen LogP contribution in [0.3, 0.4) is 0 Å². The second kappa shape index (κ2) is 29.8. The lowest BCUT2D eigenvalue weighted by molar-refractivity contribution is -0.265. The highest BCUT2D eigenvalue weighted by Crippen LogP contribution is 2.38. The minimum absolute atomic E-state index is 0.00459. The smallest absolute Gasteiger partial charge is 0.329 e. The van der Waals surface area contributed by atoms with Crippen LogP contribution in [-0.2, 0) is 62.0 Å².